The van der Waals surface area contributed by atoms with Gasteiger partial charge in [0.25, 0.3) is 10.0 Å². The van der Waals surface area contributed by atoms with Gasteiger partial charge in [0, 0.05) is 29.4 Å². The maximum Gasteiger partial charge on any atom is 0.449 e. The van der Waals surface area contributed by atoms with Crippen molar-refractivity contribution < 1.29 is 31.5 Å². The van der Waals surface area contributed by atoms with Gasteiger partial charge in [-0.25, -0.2) is 22.9 Å². The highest BCUT2D eigenvalue weighted by Gasteiger charge is 2.36. The highest BCUT2D eigenvalue weighted by atomic mass is 32.2. The van der Waals surface area contributed by atoms with Crippen LogP contribution in [0.15, 0.2) is 40.9 Å². The first-order chi connectivity index (χ1) is 15.3. The third-order valence-corrected chi connectivity index (χ3v) is 7.99. The van der Waals surface area contributed by atoms with E-state index in [0.717, 1.165) is 32.5 Å². The molecule has 0 aliphatic rings. The van der Waals surface area contributed by atoms with Crippen LogP contribution < -0.4 is 4.72 Å². The minimum absolute atomic E-state index is 0.0674. The summed E-state index contributed by atoms with van der Waals surface area (Å²) in [6, 6.07) is 6.45. The molecular weight excluding hydrogens is 479 g/mol. The van der Waals surface area contributed by atoms with Crippen LogP contribution in [0.2, 0.25) is 0 Å². The number of aromatic nitrogens is 2. The summed E-state index contributed by atoms with van der Waals surface area (Å²) in [5, 5.41) is 8.96. The largest absolute Gasteiger partial charge is 0.464 e. The molecule has 12 heteroatoms. The Hall–Kier alpha value is -2.86. The number of sulfonamides is 1. The molecule has 0 atom stereocenters. The van der Waals surface area contributed by atoms with Gasteiger partial charge in [-0.15, -0.1) is 11.3 Å². The summed E-state index contributed by atoms with van der Waals surface area (Å²) in [5.41, 5.74) is 2.19. The molecule has 0 unspecified atom stereocenters. The Labute approximate surface area is 193 Å². The van der Waals surface area contributed by atoms with Crippen molar-refractivity contribution in [3.05, 3.63) is 58.5 Å². The molecule has 3 aromatic rings. The lowest BCUT2D eigenvalue weighted by atomic mass is 9.99. The van der Waals surface area contributed by atoms with Gasteiger partial charge in [0.05, 0.1) is 0 Å². The molecule has 33 heavy (non-hydrogen) atoms. The minimum Gasteiger partial charge on any atom is -0.464 e. The van der Waals surface area contributed by atoms with Gasteiger partial charge in [0.2, 0.25) is 5.82 Å². The highest BCUT2D eigenvalue weighted by molar-refractivity contribution is 7.92. The van der Waals surface area contributed by atoms with Crippen molar-refractivity contribution in [2.75, 3.05) is 0 Å². The zero-order valence-corrected chi connectivity index (χ0v) is 19.6. The van der Waals surface area contributed by atoms with Crippen molar-refractivity contribution >= 4 is 27.5 Å². The van der Waals surface area contributed by atoms with E-state index in [1.807, 2.05) is 13.8 Å². The first kappa shape index (κ1) is 24.8. The summed E-state index contributed by atoms with van der Waals surface area (Å²) < 4.78 is 67.1. The minimum atomic E-state index is -4.58. The Morgan fingerprint density at radius 2 is 1.88 bits per heavy atom. The van der Waals surface area contributed by atoms with Crippen LogP contribution in [-0.4, -0.2) is 29.2 Å². The number of thiophene rings is 1. The van der Waals surface area contributed by atoms with Crippen LogP contribution in [0, 0.1) is 12.8 Å². The first-order valence-electron chi connectivity index (χ1n) is 9.85. The smallest absolute Gasteiger partial charge is 0.449 e. The maximum absolute atomic E-state index is 13.1. The van der Waals surface area contributed by atoms with E-state index >= 15 is 0 Å². The van der Waals surface area contributed by atoms with Crippen molar-refractivity contribution in [3.8, 4) is 11.1 Å². The van der Waals surface area contributed by atoms with Gasteiger partial charge in [-0.1, -0.05) is 38.1 Å². The number of hydrogen-bond acceptors (Lipinski definition) is 5. The molecule has 0 saturated carbocycles. The molecule has 2 aromatic heterocycles. The average molecular weight is 502 g/mol. The van der Waals surface area contributed by atoms with Crippen LogP contribution in [-0.2, 0) is 29.2 Å². The number of alkyl halides is 3. The van der Waals surface area contributed by atoms with Gasteiger partial charge in [-0.3, -0.25) is 0 Å². The Morgan fingerprint density at radius 3 is 2.42 bits per heavy atom. The zero-order valence-electron chi connectivity index (χ0n) is 18.0. The molecule has 0 saturated heterocycles. The predicted octanol–water partition coefficient (Wildman–Crippen LogP) is 5.14. The summed E-state index contributed by atoms with van der Waals surface area (Å²) in [6.45, 7) is 5.69. The molecule has 2 N–H and O–H groups in total. The van der Waals surface area contributed by atoms with Crippen molar-refractivity contribution in [2.24, 2.45) is 5.92 Å². The fraction of sp³-hybridized carbons (Fsp3) is 0.333. The zero-order chi connectivity index (χ0) is 24.6. The van der Waals surface area contributed by atoms with Crippen LogP contribution in [0.5, 0.6) is 0 Å². The second kappa shape index (κ2) is 9.18. The Morgan fingerprint density at radius 1 is 1.24 bits per heavy atom. The maximum atomic E-state index is 13.1. The van der Waals surface area contributed by atoms with E-state index in [1.54, 1.807) is 35.9 Å². The third-order valence-electron chi connectivity index (χ3n) is 4.84. The molecule has 7 nitrogen and oxygen atoms in total. The normalized spacial score (nSPS) is 12.3. The molecule has 1 amide bonds. The Kier molecular flexibility index (Phi) is 6.89. The lowest BCUT2D eigenvalue weighted by Crippen LogP contribution is -2.28. The second-order valence-electron chi connectivity index (χ2n) is 7.89. The van der Waals surface area contributed by atoms with Gasteiger partial charge in [-0.2, -0.15) is 13.2 Å². The van der Waals surface area contributed by atoms with Crippen LogP contribution in [0.25, 0.3) is 11.1 Å². The molecule has 1 aromatic carbocycles. The van der Waals surface area contributed by atoms with E-state index in [0.29, 0.717) is 23.1 Å². The number of nitrogens with one attached hydrogen (secondary N) is 1. The van der Waals surface area contributed by atoms with Crippen LogP contribution in [0.1, 0.15) is 35.7 Å². The molecule has 0 fully saturated rings. The number of amides is 1. The van der Waals surface area contributed by atoms with E-state index in [9.17, 15) is 26.4 Å². The Bertz CT molecular complexity index is 1260. The summed E-state index contributed by atoms with van der Waals surface area (Å²) in [5.74, 6) is -0.759. The van der Waals surface area contributed by atoms with E-state index in [4.69, 9.17) is 5.11 Å². The highest BCUT2D eigenvalue weighted by Crippen LogP contribution is 2.40. The van der Waals surface area contributed by atoms with Gasteiger partial charge >= 0.3 is 12.3 Å². The summed E-state index contributed by atoms with van der Waals surface area (Å²) in [7, 11) is -4.32. The number of rotatable bonds is 7. The van der Waals surface area contributed by atoms with Crippen LogP contribution in [0.3, 0.4) is 0 Å². The topological polar surface area (TPSA) is 101 Å². The number of hydrogen-bond donors (Lipinski definition) is 2. The molecule has 0 aliphatic heterocycles. The van der Waals surface area contributed by atoms with Crippen molar-refractivity contribution in [1.29, 1.82) is 0 Å². The van der Waals surface area contributed by atoms with Crippen molar-refractivity contribution in [3.63, 3.8) is 0 Å². The van der Waals surface area contributed by atoms with E-state index in [-0.39, 0.29) is 16.7 Å². The number of carboxylic acid groups (broad SMARTS) is 1. The quantitative estimate of drug-likeness (QED) is 0.467. The molecule has 0 spiro atoms. The molecule has 3 rings (SSSR count). The molecule has 178 valence electrons. The van der Waals surface area contributed by atoms with Gasteiger partial charge in [-0.05, 0) is 36.0 Å². The summed E-state index contributed by atoms with van der Waals surface area (Å²) in [6.07, 6.45) is -3.33. The first-order valence-corrected chi connectivity index (χ1v) is 12.1. The lowest BCUT2D eigenvalue weighted by molar-refractivity contribution is -0.147. The molecular formula is C21H22F3N3O4S2. The average Bonchev–Trinajstić information content (AvgIpc) is 3.27. The van der Waals surface area contributed by atoms with E-state index in [2.05, 4.69) is 4.98 Å². The van der Waals surface area contributed by atoms with Crippen molar-refractivity contribution in [1.82, 2.24) is 14.3 Å². The second-order valence-corrected chi connectivity index (χ2v) is 10.9. The molecule has 0 bridgehead atoms. The van der Waals surface area contributed by atoms with E-state index < -0.39 is 28.1 Å². The van der Waals surface area contributed by atoms with Gasteiger partial charge in [0.1, 0.15) is 4.21 Å². The summed E-state index contributed by atoms with van der Waals surface area (Å²) >= 11 is 1.02. The van der Waals surface area contributed by atoms with Crippen LogP contribution in [0.4, 0.5) is 18.0 Å². The van der Waals surface area contributed by atoms with Gasteiger partial charge in [0.15, 0.2) is 0 Å². The molecule has 0 radical (unpaired) electrons. The SMILES string of the molecule is Cc1c(CC(C)C)sc(S(=O)(=O)NC(=O)O)c1-c1ccc(Cn2ccnc2C(F)(F)F)cc1. The monoisotopic (exact) mass is 501 g/mol. The number of nitrogens with zero attached hydrogens (tertiary/aromatic N) is 2. The van der Waals surface area contributed by atoms with Crippen LogP contribution >= 0.6 is 11.3 Å². The number of imidazole rings is 1. The molecule has 0 aliphatic carbocycles. The Balaban J connectivity index is 2.01. The third kappa shape index (κ3) is 5.56. The number of benzene rings is 1. The molecule has 2 heterocycles. The fourth-order valence-electron chi connectivity index (χ4n) is 3.45. The standard InChI is InChI=1S/C21H22F3N3O4S2/c1-12(2)10-16-13(3)17(18(32-16)33(30,31)26-20(28)29)15-6-4-14(5-7-15)11-27-9-8-25-19(27)21(22,23)24/h4-9,12,26H,10-11H2,1-3H3,(H,28,29). The lowest BCUT2D eigenvalue weighted by Gasteiger charge is -2.12. The number of carbonyl (C=O) groups is 1. The summed E-state index contributed by atoms with van der Waals surface area (Å²) in [4.78, 5) is 15.2. The van der Waals surface area contributed by atoms with Gasteiger partial charge < -0.3 is 9.67 Å². The van der Waals surface area contributed by atoms with E-state index in [1.165, 1.54) is 6.20 Å². The number of halogens is 3. The fourth-order valence-corrected chi connectivity index (χ4v) is 6.45. The van der Waals surface area contributed by atoms with Crippen molar-refractivity contribution in [2.45, 2.75) is 44.1 Å². The predicted molar refractivity (Wildman–Crippen MR) is 118 cm³/mol.